The molecule has 37 heavy (non-hydrogen) atoms. The average Bonchev–Trinajstić information content (AvgIpc) is 3.38. The summed E-state index contributed by atoms with van der Waals surface area (Å²) in [5.74, 6) is -2.97. The fourth-order valence-electron chi connectivity index (χ4n) is 4.55. The predicted molar refractivity (Wildman–Crippen MR) is 133 cm³/mol. The number of nitro groups is 1. The molecule has 0 aliphatic carbocycles. The third-order valence-corrected chi connectivity index (χ3v) is 6.64. The molecular weight excluding hydrogens is 478 g/mol. The van der Waals surface area contributed by atoms with Crippen LogP contribution in [-0.2, 0) is 9.59 Å². The van der Waals surface area contributed by atoms with Gasteiger partial charge in [0.25, 0.3) is 17.5 Å². The summed E-state index contributed by atoms with van der Waals surface area (Å²) in [5.41, 5.74) is 2.13. The standard InChI is InChI=1S/C27H21N3O7/c1-15-9-10-18(11-16(15)2)28-14-17(12-23(28)31)27(34)37-20-6-3-5-19(13-20)29-25(32)21-7-4-8-22(30(35)36)24(21)26(29)33/h3-11,13,17H,12,14H2,1-2H3/t17-/m1/s1. The lowest BCUT2D eigenvalue weighted by Gasteiger charge is -2.18. The summed E-state index contributed by atoms with van der Waals surface area (Å²) in [6.45, 7) is 4.09. The largest absolute Gasteiger partial charge is 0.426 e. The zero-order valence-electron chi connectivity index (χ0n) is 20.0. The molecule has 1 saturated heterocycles. The normalized spacial score (nSPS) is 16.8. The molecule has 1 fully saturated rings. The van der Waals surface area contributed by atoms with Gasteiger partial charge in [-0.15, -0.1) is 0 Å². The highest BCUT2D eigenvalue weighted by atomic mass is 16.6. The van der Waals surface area contributed by atoms with Crippen LogP contribution in [0.5, 0.6) is 5.75 Å². The monoisotopic (exact) mass is 499 g/mol. The van der Waals surface area contributed by atoms with E-state index in [9.17, 15) is 29.3 Å². The molecular formula is C27H21N3O7. The molecule has 10 nitrogen and oxygen atoms in total. The van der Waals surface area contributed by atoms with E-state index in [0.717, 1.165) is 22.1 Å². The number of ether oxygens (including phenoxy) is 1. The molecule has 3 amide bonds. The molecule has 2 aliphatic rings. The van der Waals surface area contributed by atoms with E-state index in [-0.39, 0.29) is 41.4 Å². The summed E-state index contributed by atoms with van der Waals surface area (Å²) in [6, 6.07) is 15.3. The highest BCUT2D eigenvalue weighted by Crippen LogP contribution is 2.35. The molecule has 2 heterocycles. The second-order valence-corrected chi connectivity index (χ2v) is 8.99. The van der Waals surface area contributed by atoms with E-state index in [4.69, 9.17) is 4.74 Å². The van der Waals surface area contributed by atoms with Crippen molar-refractivity contribution in [1.29, 1.82) is 0 Å². The SMILES string of the molecule is Cc1ccc(N2C[C@H](C(=O)Oc3cccc(N4C(=O)c5cccc([N+](=O)[O-])c5C4=O)c3)CC2=O)cc1C. The first-order valence-electron chi connectivity index (χ1n) is 11.5. The van der Waals surface area contributed by atoms with E-state index in [1.54, 1.807) is 4.90 Å². The van der Waals surface area contributed by atoms with Crippen LogP contribution in [0, 0.1) is 29.9 Å². The van der Waals surface area contributed by atoms with Crippen molar-refractivity contribution in [3.63, 3.8) is 0 Å². The fraction of sp³-hybridized carbons (Fsp3) is 0.185. The van der Waals surface area contributed by atoms with Crippen LogP contribution in [0.2, 0.25) is 0 Å². The minimum Gasteiger partial charge on any atom is -0.426 e. The van der Waals surface area contributed by atoms with Crippen LogP contribution in [0.3, 0.4) is 0 Å². The second kappa shape index (κ2) is 8.98. The number of esters is 1. The van der Waals surface area contributed by atoms with Crippen molar-refractivity contribution in [3.05, 3.63) is 93.0 Å². The van der Waals surface area contributed by atoms with Crippen LogP contribution in [0.1, 0.15) is 38.3 Å². The van der Waals surface area contributed by atoms with E-state index in [2.05, 4.69) is 0 Å². The Bertz CT molecular complexity index is 1510. The number of fused-ring (bicyclic) bond motifs is 1. The Morgan fingerprint density at radius 2 is 1.70 bits per heavy atom. The molecule has 3 aromatic carbocycles. The van der Waals surface area contributed by atoms with Gasteiger partial charge in [-0.3, -0.25) is 29.3 Å². The van der Waals surface area contributed by atoms with Crippen LogP contribution in [-0.4, -0.2) is 35.2 Å². The van der Waals surface area contributed by atoms with Crippen molar-refractivity contribution in [3.8, 4) is 5.75 Å². The number of hydrogen-bond donors (Lipinski definition) is 0. The maximum absolute atomic E-state index is 13.0. The quantitative estimate of drug-likeness (QED) is 0.171. The Hall–Kier alpha value is -4.86. The van der Waals surface area contributed by atoms with E-state index >= 15 is 0 Å². The summed E-state index contributed by atoms with van der Waals surface area (Å²) in [7, 11) is 0. The van der Waals surface area contributed by atoms with Gasteiger partial charge in [0.2, 0.25) is 5.91 Å². The number of nitro benzene ring substituents is 1. The molecule has 2 aliphatic heterocycles. The molecule has 3 aromatic rings. The van der Waals surface area contributed by atoms with E-state index < -0.39 is 34.3 Å². The average molecular weight is 499 g/mol. The highest BCUT2D eigenvalue weighted by molar-refractivity contribution is 6.35. The van der Waals surface area contributed by atoms with Crippen molar-refractivity contribution in [1.82, 2.24) is 0 Å². The predicted octanol–water partition coefficient (Wildman–Crippen LogP) is 3.97. The molecule has 0 N–H and O–H groups in total. The van der Waals surface area contributed by atoms with Crippen LogP contribution < -0.4 is 14.5 Å². The zero-order chi connectivity index (χ0) is 26.4. The van der Waals surface area contributed by atoms with Gasteiger partial charge in [0, 0.05) is 30.8 Å². The fourth-order valence-corrected chi connectivity index (χ4v) is 4.55. The van der Waals surface area contributed by atoms with Gasteiger partial charge in [-0.2, -0.15) is 0 Å². The zero-order valence-corrected chi connectivity index (χ0v) is 20.0. The summed E-state index contributed by atoms with van der Waals surface area (Å²) >= 11 is 0. The first-order valence-corrected chi connectivity index (χ1v) is 11.5. The Balaban J connectivity index is 1.34. The number of benzene rings is 3. The van der Waals surface area contributed by atoms with Crippen LogP contribution in [0.15, 0.2) is 60.7 Å². The molecule has 5 rings (SSSR count). The second-order valence-electron chi connectivity index (χ2n) is 8.99. The molecule has 0 aromatic heterocycles. The lowest BCUT2D eigenvalue weighted by molar-refractivity contribution is -0.385. The summed E-state index contributed by atoms with van der Waals surface area (Å²) in [5, 5.41) is 11.4. The highest BCUT2D eigenvalue weighted by Gasteiger charge is 2.42. The van der Waals surface area contributed by atoms with Crippen LogP contribution in [0.25, 0.3) is 0 Å². The lowest BCUT2D eigenvalue weighted by atomic mass is 10.1. The van der Waals surface area contributed by atoms with Crippen LogP contribution in [0.4, 0.5) is 17.1 Å². The number of anilines is 2. The van der Waals surface area contributed by atoms with Gasteiger partial charge in [-0.1, -0.05) is 18.2 Å². The minimum absolute atomic E-state index is 0.00643. The van der Waals surface area contributed by atoms with E-state index in [1.165, 1.54) is 36.4 Å². The van der Waals surface area contributed by atoms with Crippen molar-refractivity contribution < 1.29 is 28.8 Å². The summed E-state index contributed by atoms with van der Waals surface area (Å²) < 4.78 is 5.51. The number of aryl methyl sites for hydroxylation is 2. The van der Waals surface area contributed by atoms with Crippen molar-refractivity contribution in [2.45, 2.75) is 20.3 Å². The number of hydrogen-bond acceptors (Lipinski definition) is 7. The third kappa shape index (κ3) is 4.12. The van der Waals surface area contributed by atoms with Crippen molar-refractivity contribution in [2.75, 3.05) is 16.3 Å². The van der Waals surface area contributed by atoms with E-state index in [0.29, 0.717) is 5.69 Å². The van der Waals surface area contributed by atoms with Gasteiger partial charge in [0.1, 0.15) is 11.3 Å². The number of imide groups is 1. The Kier molecular flexibility index (Phi) is 5.79. The Labute approximate surface area is 211 Å². The number of carbonyl (C=O) groups excluding carboxylic acids is 4. The number of nitrogens with zero attached hydrogens (tertiary/aromatic N) is 3. The molecule has 0 unspecified atom stereocenters. The van der Waals surface area contributed by atoms with Gasteiger partial charge >= 0.3 is 5.97 Å². The van der Waals surface area contributed by atoms with Gasteiger partial charge in [-0.05, 0) is 55.3 Å². The van der Waals surface area contributed by atoms with Gasteiger partial charge < -0.3 is 9.64 Å². The van der Waals surface area contributed by atoms with Gasteiger partial charge in [-0.25, -0.2) is 4.90 Å². The maximum Gasteiger partial charge on any atom is 0.316 e. The van der Waals surface area contributed by atoms with Gasteiger partial charge in [0.05, 0.1) is 22.1 Å². The molecule has 0 saturated carbocycles. The lowest BCUT2D eigenvalue weighted by Crippen LogP contribution is -2.29. The summed E-state index contributed by atoms with van der Waals surface area (Å²) in [4.78, 5) is 64.4. The molecule has 10 heteroatoms. The minimum atomic E-state index is -0.832. The maximum atomic E-state index is 13.0. The Morgan fingerprint density at radius 3 is 2.43 bits per heavy atom. The van der Waals surface area contributed by atoms with Crippen molar-refractivity contribution >= 4 is 40.8 Å². The smallest absolute Gasteiger partial charge is 0.316 e. The van der Waals surface area contributed by atoms with Crippen molar-refractivity contribution in [2.24, 2.45) is 5.92 Å². The van der Waals surface area contributed by atoms with Gasteiger partial charge in [0.15, 0.2) is 0 Å². The number of amides is 3. The van der Waals surface area contributed by atoms with E-state index in [1.807, 2.05) is 32.0 Å². The third-order valence-electron chi connectivity index (χ3n) is 6.64. The molecule has 0 radical (unpaired) electrons. The molecule has 0 spiro atoms. The topological polar surface area (TPSA) is 127 Å². The summed E-state index contributed by atoms with van der Waals surface area (Å²) in [6.07, 6.45) is -0.00643. The molecule has 1 atom stereocenters. The first-order chi connectivity index (χ1) is 17.7. The Morgan fingerprint density at radius 1 is 0.946 bits per heavy atom. The molecule has 0 bridgehead atoms. The number of carbonyl (C=O) groups is 4. The molecule has 186 valence electrons. The first kappa shape index (κ1) is 23.9. The number of rotatable bonds is 5. The van der Waals surface area contributed by atoms with Crippen LogP contribution >= 0.6 is 0 Å².